The van der Waals surface area contributed by atoms with Gasteiger partial charge in [-0.05, 0) is 37.8 Å². The van der Waals surface area contributed by atoms with Crippen LogP contribution in [0.3, 0.4) is 0 Å². The van der Waals surface area contributed by atoms with Crippen molar-refractivity contribution < 1.29 is 4.79 Å². The van der Waals surface area contributed by atoms with Crippen LogP contribution in [0.15, 0.2) is 16.0 Å². The number of nitrogens with zero attached hydrogens (tertiary/aromatic N) is 3. The second-order valence-corrected chi connectivity index (χ2v) is 7.76. The maximum absolute atomic E-state index is 12.6. The Morgan fingerprint density at radius 3 is 2.70 bits per heavy atom. The summed E-state index contributed by atoms with van der Waals surface area (Å²) < 4.78 is 1.26. The number of carbonyl (C=O) groups is 1. The lowest BCUT2D eigenvalue weighted by molar-refractivity contribution is -0.122. The number of hydrogen-bond donors (Lipinski definition) is 2. The van der Waals surface area contributed by atoms with Gasteiger partial charge in [0.2, 0.25) is 5.91 Å². The Balaban J connectivity index is 1.56. The van der Waals surface area contributed by atoms with Crippen molar-refractivity contribution >= 4 is 31.1 Å². The molecule has 0 radical (unpaired) electrons. The number of aliphatic imine (C=N–C) groups is 1. The Morgan fingerprint density at radius 1 is 1.22 bits per heavy atom. The van der Waals surface area contributed by atoms with Crippen molar-refractivity contribution in [2.24, 2.45) is 10.9 Å². The first-order valence-electron chi connectivity index (χ1n) is 10.2. The summed E-state index contributed by atoms with van der Waals surface area (Å²) in [6.45, 7) is 1.42. The maximum Gasteiger partial charge on any atom is 0.262 e. The fourth-order valence-corrected chi connectivity index (χ4v) is 3.81. The lowest BCUT2D eigenvalue weighted by atomic mass is 9.95. The van der Waals surface area contributed by atoms with E-state index in [1.807, 2.05) is 6.21 Å². The second kappa shape index (κ2) is 9.71. The number of rotatable bonds is 6. The second-order valence-electron chi connectivity index (χ2n) is 7.76. The van der Waals surface area contributed by atoms with Gasteiger partial charge in [0, 0.05) is 24.6 Å². The molecule has 1 saturated carbocycles. The zero-order chi connectivity index (χ0) is 19.1. The predicted molar refractivity (Wildman–Crippen MR) is 111 cm³/mol. The van der Waals surface area contributed by atoms with Crippen molar-refractivity contribution in [3.8, 4) is 0 Å². The number of nitrogens with one attached hydrogen (secondary N) is 2. The third-order valence-corrected chi connectivity index (χ3v) is 5.62. The van der Waals surface area contributed by atoms with Crippen LogP contribution in [0, 0.1) is 5.92 Å². The summed E-state index contributed by atoms with van der Waals surface area (Å²) in [5.41, 5.74) is 1.23. The van der Waals surface area contributed by atoms with Crippen LogP contribution in [0.5, 0.6) is 0 Å². The quantitative estimate of drug-likeness (QED) is 0.554. The highest BCUT2D eigenvalue weighted by molar-refractivity contribution is 6.35. The minimum absolute atomic E-state index is 0.0375. The van der Waals surface area contributed by atoms with E-state index in [1.165, 1.54) is 30.4 Å². The van der Waals surface area contributed by atoms with Gasteiger partial charge in [0.1, 0.15) is 14.4 Å². The average molecular weight is 371 g/mol. The SMILES string of the molecule is Bc1c(NC2CCCCCC2)cnn(CC(=O)NCC2CC=NCC2)c1=O. The Kier molecular flexibility index (Phi) is 7.07. The summed E-state index contributed by atoms with van der Waals surface area (Å²) in [7, 11) is 1.80. The summed E-state index contributed by atoms with van der Waals surface area (Å²) in [4.78, 5) is 29.0. The molecule has 1 aliphatic carbocycles. The van der Waals surface area contributed by atoms with Gasteiger partial charge in [-0.1, -0.05) is 25.7 Å². The molecule has 146 valence electrons. The van der Waals surface area contributed by atoms with Gasteiger partial charge in [0.15, 0.2) is 0 Å². The number of aromatic nitrogens is 2. The number of anilines is 1. The lowest BCUT2D eigenvalue weighted by Crippen LogP contribution is -2.42. The van der Waals surface area contributed by atoms with E-state index < -0.39 is 0 Å². The molecule has 8 heteroatoms. The van der Waals surface area contributed by atoms with Gasteiger partial charge >= 0.3 is 0 Å². The zero-order valence-electron chi connectivity index (χ0n) is 16.2. The highest BCUT2D eigenvalue weighted by Gasteiger charge is 2.16. The molecule has 2 aliphatic rings. The average Bonchev–Trinajstić information content (AvgIpc) is 2.96. The van der Waals surface area contributed by atoms with E-state index >= 15 is 0 Å². The maximum atomic E-state index is 12.6. The molecule has 0 saturated heterocycles. The molecule has 0 aromatic carbocycles. The predicted octanol–water partition coefficient (Wildman–Crippen LogP) is 0.233. The number of hydrogen-bond acceptors (Lipinski definition) is 5. The first-order chi connectivity index (χ1) is 13.1. The van der Waals surface area contributed by atoms with Crippen molar-refractivity contribution in [1.82, 2.24) is 15.1 Å². The van der Waals surface area contributed by atoms with Crippen molar-refractivity contribution in [1.29, 1.82) is 0 Å². The van der Waals surface area contributed by atoms with E-state index in [1.54, 1.807) is 14.0 Å². The standard InChI is InChI=1S/C19H30BN5O2/c20-18-16(24-15-5-3-1-2-4-6-15)12-23-25(19(18)27)13-17(26)22-11-14-7-9-21-10-8-14/h9,12,14-15,24H,1-8,10-11,13,20H2,(H,22,26). The van der Waals surface area contributed by atoms with Crippen LogP contribution in [0.1, 0.15) is 51.4 Å². The molecule has 2 heterocycles. The van der Waals surface area contributed by atoms with Crippen molar-refractivity contribution in [2.45, 2.75) is 64.0 Å². The van der Waals surface area contributed by atoms with Gasteiger partial charge in [0.05, 0.1) is 11.9 Å². The van der Waals surface area contributed by atoms with Crippen LogP contribution < -0.4 is 21.7 Å². The van der Waals surface area contributed by atoms with Crippen LogP contribution in [0.25, 0.3) is 0 Å². The molecule has 7 nitrogen and oxygen atoms in total. The van der Waals surface area contributed by atoms with Gasteiger partial charge in [-0.3, -0.25) is 14.6 Å². The third-order valence-electron chi connectivity index (χ3n) is 5.62. The summed E-state index contributed by atoms with van der Waals surface area (Å²) in [5.74, 6) is 0.264. The van der Waals surface area contributed by atoms with E-state index in [-0.39, 0.29) is 18.0 Å². The van der Waals surface area contributed by atoms with E-state index in [0.29, 0.717) is 24.0 Å². The Labute approximate surface area is 161 Å². The fraction of sp³-hybridized carbons (Fsp3) is 0.684. The first kappa shape index (κ1) is 19.6. The van der Waals surface area contributed by atoms with Crippen molar-refractivity contribution in [2.75, 3.05) is 18.4 Å². The monoisotopic (exact) mass is 371 g/mol. The van der Waals surface area contributed by atoms with Gasteiger partial charge < -0.3 is 10.6 Å². The van der Waals surface area contributed by atoms with Crippen LogP contribution in [0.2, 0.25) is 0 Å². The molecule has 1 aliphatic heterocycles. The fourth-order valence-electron chi connectivity index (χ4n) is 3.81. The third kappa shape index (κ3) is 5.68. The van der Waals surface area contributed by atoms with E-state index in [4.69, 9.17) is 0 Å². The molecule has 1 aromatic rings. The molecule has 1 atom stereocenters. The molecule has 1 fully saturated rings. The van der Waals surface area contributed by atoms with E-state index in [2.05, 4.69) is 20.7 Å². The van der Waals surface area contributed by atoms with Crippen LogP contribution in [-0.2, 0) is 11.3 Å². The van der Waals surface area contributed by atoms with Crippen molar-refractivity contribution in [3.63, 3.8) is 0 Å². The molecule has 3 rings (SSSR count). The molecule has 2 N–H and O–H groups in total. The number of amides is 1. The lowest BCUT2D eigenvalue weighted by Gasteiger charge is -2.20. The van der Waals surface area contributed by atoms with Crippen LogP contribution in [0.4, 0.5) is 5.69 Å². The summed E-state index contributed by atoms with van der Waals surface area (Å²) in [6, 6.07) is 0.408. The largest absolute Gasteiger partial charge is 0.381 e. The highest BCUT2D eigenvalue weighted by atomic mass is 16.2. The van der Waals surface area contributed by atoms with Crippen LogP contribution >= 0.6 is 0 Å². The molecule has 1 aromatic heterocycles. The number of carbonyl (C=O) groups excluding carboxylic acids is 1. The Hall–Kier alpha value is -2.12. The molecule has 0 spiro atoms. The summed E-state index contributed by atoms with van der Waals surface area (Å²) in [5, 5.41) is 10.6. The molecule has 27 heavy (non-hydrogen) atoms. The smallest absolute Gasteiger partial charge is 0.262 e. The molecule has 1 unspecified atom stereocenters. The van der Waals surface area contributed by atoms with Gasteiger partial charge in [0.25, 0.3) is 5.56 Å². The van der Waals surface area contributed by atoms with Gasteiger partial charge in [-0.2, -0.15) is 5.10 Å². The van der Waals surface area contributed by atoms with Crippen molar-refractivity contribution in [3.05, 3.63) is 16.6 Å². The zero-order valence-corrected chi connectivity index (χ0v) is 16.2. The Bertz CT molecular complexity index is 725. The first-order valence-corrected chi connectivity index (χ1v) is 10.2. The minimum atomic E-state index is -0.200. The van der Waals surface area contributed by atoms with Crippen LogP contribution in [-0.4, -0.2) is 48.9 Å². The summed E-state index contributed by atoms with van der Waals surface area (Å²) in [6.07, 6.45) is 12.8. The normalized spacial score (nSPS) is 20.8. The molecule has 0 bridgehead atoms. The summed E-state index contributed by atoms with van der Waals surface area (Å²) >= 11 is 0. The molecule has 1 amide bonds. The molecular formula is C19H30BN5O2. The highest BCUT2D eigenvalue weighted by Crippen LogP contribution is 2.19. The topological polar surface area (TPSA) is 88.4 Å². The molecular weight excluding hydrogens is 341 g/mol. The Morgan fingerprint density at radius 2 is 2.00 bits per heavy atom. The van der Waals surface area contributed by atoms with E-state index in [9.17, 15) is 9.59 Å². The van der Waals surface area contributed by atoms with E-state index in [0.717, 1.165) is 37.9 Å². The van der Waals surface area contributed by atoms with Gasteiger partial charge in [-0.15, -0.1) is 0 Å². The van der Waals surface area contributed by atoms with Gasteiger partial charge in [-0.25, -0.2) is 4.68 Å². The minimum Gasteiger partial charge on any atom is -0.381 e.